The molecule has 0 amide bonds. The molecule has 20 heavy (non-hydrogen) atoms. The number of rotatable bonds is 3. The van der Waals surface area contributed by atoms with Crippen molar-refractivity contribution in [3.05, 3.63) is 59.1 Å². The molecule has 0 aliphatic heterocycles. The molecule has 0 atom stereocenters. The van der Waals surface area contributed by atoms with Crippen LogP contribution in [0.1, 0.15) is 5.56 Å². The number of benzene rings is 2. The van der Waals surface area contributed by atoms with E-state index in [0.717, 1.165) is 11.1 Å². The lowest BCUT2D eigenvalue weighted by Gasteiger charge is -2.07. The first-order valence-electron chi connectivity index (χ1n) is 6.10. The van der Waals surface area contributed by atoms with E-state index in [2.05, 4.69) is 15.5 Å². The largest absolute Gasteiger partial charge is 0.398 e. The Balaban J connectivity index is 2.00. The lowest BCUT2D eigenvalue weighted by molar-refractivity contribution is 0.653. The lowest BCUT2D eigenvalue weighted by Crippen LogP contribution is -2.05. The summed E-state index contributed by atoms with van der Waals surface area (Å²) in [5, 5.41) is 12.3. The van der Waals surface area contributed by atoms with Crippen LogP contribution in [0, 0.1) is 0 Å². The highest BCUT2D eigenvalue weighted by Crippen LogP contribution is 2.30. The van der Waals surface area contributed by atoms with Gasteiger partial charge in [0.1, 0.15) is 0 Å². The number of nitrogens with two attached hydrogens (primary N) is 1. The van der Waals surface area contributed by atoms with Gasteiger partial charge >= 0.3 is 0 Å². The molecule has 0 bridgehead atoms. The van der Waals surface area contributed by atoms with Crippen molar-refractivity contribution >= 4 is 17.3 Å². The van der Waals surface area contributed by atoms with Crippen LogP contribution in [0.4, 0.5) is 5.69 Å². The number of nitrogen functional groups attached to an aromatic ring is 1. The van der Waals surface area contributed by atoms with E-state index in [0.29, 0.717) is 23.1 Å². The average molecular weight is 286 g/mol. The molecule has 1 heterocycles. The first-order chi connectivity index (χ1) is 9.75. The number of aromatic nitrogens is 4. The van der Waals surface area contributed by atoms with Crippen molar-refractivity contribution in [1.82, 2.24) is 20.2 Å². The van der Waals surface area contributed by atoms with E-state index >= 15 is 0 Å². The van der Waals surface area contributed by atoms with Crippen LogP contribution in [0.3, 0.4) is 0 Å². The standard InChI is InChI=1S/C14H12ClN5/c15-13-11(7-4-8-12(13)16)14-17-18-19-20(14)9-10-5-2-1-3-6-10/h1-8H,9,16H2. The topological polar surface area (TPSA) is 69.6 Å². The van der Waals surface area contributed by atoms with Crippen LogP contribution >= 0.6 is 11.6 Å². The van der Waals surface area contributed by atoms with E-state index in [1.165, 1.54) is 0 Å². The number of halogens is 1. The summed E-state index contributed by atoms with van der Waals surface area (Å²) in [5.41, 5.74) is 8.17. The molecule has 5 nitrogen and oxygen atoms in total. The molecule has 0 saturated carbocycles. The number of hydrogen-bond acceptors (Lipinski definition) is 4. The summed E-state index contributed by atoms with van der Waals surface area (Å²) in [5.74, 6) is 0.603. The molecule has 6 heteroatoms. The molecular formula is C14H12ClN5. The van der Waals surface area contributed by atoms with Crippen LogP contribution in [-0.2, 0) is 6.54 Å². The minimum atomic E-state index is 0.469. The molecule has 2 aromatic carbocycles. The van der Waals surface area contributed by atoms with Gasteiger partial charge in [-0.05, 0) is 28.1 Å². The van der Waals surface area contributed by atoms with Crippen molar-refractivity contribution in [3.63, 3.8) is 0 Å². The SMILES string of the molecule is Nc1cccc(-c2nnnn2Cc2ccccc2)c1Cl. The van der Waals surface area contributed by atoms with Gasteiger partial charge < -0.3 is 5.73 Å². The maximum Gasteiger partial charge on any atom is 0.183 e. The van der Waals surface area contributed by atoms with Gasteiger partial charge in [0, 0.05) is 5.56 Å². The monoisotopic (exact) mass is 285 g/mol. The molecular weight excluding hydrogens is 274 g/mol. The van der Waals surface area contributed by atoms with Crippen molar-refractivity contribution < 1.29 is 0 Å². The fraction of sp³-hybridized carbons (Fsp3) is 0.0714. The van der Waals surface area contributed by atoms with Gasteiger partial charge in [-0.1, -0.05) is 48.0 Å². The number of hydrogen-bond donors (Lipinski definition) is 1. The second-order valence-electron chi connectivity index (χ2n) is 4.35. The van der Waals surface area contributed by atoms with Crippen LogP contribution < -0.4 is 5.73 Å². The molecule has 100 valence electrons. The zero-order chi connectivity index (χ0) is 13.9. The zero-order valence-electron chi connectivity index (χ0n) is 10.6. The first kappa shape index (κ1) is 12.6. The quantitative estimate of drug-likeness (QED) is 0.751. The van der Waals surface area contributed by atoms with Crippen LogP contribution in [0.2, 0.25) is 5.02 Å². The van der Waals surface area contributed by atoms with Gasteiger partial charge in [0.15, 0.2) is 5.82 Å². The number of anilines is 1. The summed E-state index contributed by atoms with van der Waals surface area (Å²) in [7, 11) is 0. The maximum absolute atomic E-state index is 6.23. The highest BCUT2D eigenvalue weighted by Gasteiger charge is 2.14. The lowest BCUT2D eigenvalue weighted by atomic mass is 10.2. The third kappa shape index (κ3) is 2.35. The van der Waals surface area contributed by atoms with E-state index in [-0.39, 0.29) is 0 Å². The highest BCUT2D eigenvalue weighted by molar-refractivity contribution is 6.35. The Morgan fingerprint density at radius 3 is 2.65 bits per heavy atom. The van der Waals surface area contributed by atoms with Crippen molar-refractivity contribution in [1.29, 1.82) is 0 Å². The fourth-order valence-corrected chi connectivity index (χ4v) is 2.19. The van der Waals surface area contributed by atoms with Crippen LogP contribution in [-0.4, -0.2) is 20.2 Å². The molecule has 0 aliphatic carbocycles. The third-order valence-electron chi connectivity index (χ3n) is 2.98. The number of nitrogens with zero attached hydrogens (tertiary/aromatic N) is 4. The Kier molecular flexibility index (Phi) is 3.35. The Morgan fingerprint density at radius 2 is 1.85 bits per heavy atom. The predicted octanol–water partition coefficient (Wildman–Crippen LogP) is 2.62. The molecule has 0 fully saturated rings. The zero-order valence-corrected chi connectivity index (χ0v) is 11.3. The molecule has 0 spiro atoms. The Hall–Kier alpha value is -2.40. The van der Waals surface area contributed by atoms with Crippen molar-refractivity contribution in [2.24, 2.45) is 0 Å². The van der Waals surface area contributed by atoms with Gasteiger partial charge in [-0.2, -0.15) is 0 Å². The van der Waals surface area contributed by atoms with Gasteiger partial charge in [0.25, 0.3) is 0 Å². The third-order valence-corrected chi connectivity index (χ3v) is 3.40. The minimum Gasteiger partial charge on any atom is -0.398 e. The summed E-state index contributed by atoms with van der Waals surface area (Å²) >= 11 is 6.23. The summed E-state index contributed by atoms with van der Waals surface area (Å²) in [4.78, 5) is 0. The molecule has 2 N–H and O–H groups in total. The summed E-state index contributed by atoms with van der Waals surface area (Å²) in [6, 6.07) is 15.4. The van der Waals surface area contributed by atoms with Crippen LogP contribution in [0.25, 0.3) is 11.4 Å². The Bertz CT molecular complexity index is 723. The minimum absolute atomic E-state index is 0.469. The molecule has 0 saturated heterocycles. The Morgan fingerprint density at radius 1 is 1.05 bits per heavy atom. The van der Waals surface area contributed by atoms with Crippen LogP contribution in [0.5, 0.6) is 0 Å². The Labute approximate surface area is 121 Å². The smallest absolute Gasteiger partial charge is 0.183 e. The molecule has 3 rings (SSSR count). The second-order valence-corrected chi connectivity index (χ2v) is 4.73. The normalized spacial score (nSPS) is 10.7. The molecule has 0 radical (unpaired) electrons. The van der Waals surface area contributed by atoms with Gasteiger partial charge in [0.2, 0.25) is 0 Å². The maximum atomic E-state index is 6.23. The number of tetrazole rings is 1. The van der Waals surface area contributed by atoms with E-state index in [1.807, 2.05) is 42.5 Å². The van der Waals surface area contributed by atoms with E-state index in [9.17, 15) is 0 Å². The van der Waals surface area contributed by atoms with Crippen LogP contribution in [0.15, 0.2) is 48.5 Å². The molecule has 0 unspecified atom stereocenters. The summed E-state index contributed by atoms with van der Waals surface area (Å²) in [6.07, 6.45) is 0. The average Bonchev–Trinajstić information content (AvgIpc) is 2.91. The van der Waals surface area contributed by atoms with Crippen molar-refractivity contribution in [2.45, 2.75) is 6.54 Å². The van der Waals surface area contributed by atoms with E-state index in [1.54, 1.807) is 10.7 Å². The van der Waals surface area contributed by atoms with E-state index in [4.69, 9.17) is 17.3 Å². The summed E-state index contributed by atoms with van der Waals surface area (Å²) in [6.45, 7) is 0.578. The van der Waals surface area contributed by atoms with Crippen molar-refractivity contribution in [2.75, 3.05) is 5.73 Å². The highest BCUT2D eigenvalue weighted by atomic mass is 35.5. The molecule has 3 aromatic rings. The predicted molar refractivity (Wildman–Crippen MR) is 78.2 cm³/mol. The molecule has 1 aromatic heterocycles. The van der Waals surface area contributed by atoms with Gasteiger partial charge in [-0.25, -0.2) is 4.68 Å². The molecule has 0 aliphatic rings. The van der Waals surface area contributed by atoms with Gasteiger partial charge in [-0.15, -0.1) is 5.10 Å². The fourth-order valence-electron chi connectivity index (χ4n) is 1.98. The van der Waals surface area contributed by atoms with E-state index < -0.39 is 0 Å². The van der Waals surface area contributed by atoms with Crippen molar-refractivity contribution in [3.8, 4) is 11.4 Å². The second kappa shape index (κ2) is 5.30. The first-order valence-corrected chi connectivity index (χ1v) is 6.48. The van der Waals surface area contributed by atoms with Gasteiger partial charge in [-0.3, -0.25) is 0 Å². The summed E-state index contributed by atoms with van der Waals surface area (Å²) < 4.78 is 1.70. The van der Waals surface area contributed by atoms with Gasteiger partial charge in [0.05, 0.1) is 17.3 Å².